The first-order valence-electron chi connectivity index (χ1n) is 8.32. The summed E-state index contributed by atoms with van der Waals surface area (Å²) in [4.78, 5) is 27.2. The van der Waals surface area contributed by atoms with Crippen molar-refractivity contribution in [1.82, 2.24) is 4.90 Å². The van der Waals surface area contributed by atoms with Crippen LogP contribution in [0.25, 0.3) is 0 Å². The standard InChI is InChI=1S/C16H27IN2O3SSi2/c1-24(2,3)12-14(20)19-13(18)10(8-7-9-17)11(23-15(12)19)16(21)22-25(4,5)6/h7-8,11-12,15H,9,18H2,1-6H3/b8-7+/t11?,12-,15-/m1/s1. The first-order chi connectivity index (χ1) is 11.4. The lowest BCUT2D eigenvalue weighted by Gasteiger charge is -2.54. The maximum atomic E-state index is 12.8. The van der Waals surface area contributed by atoms with E-state index in [9.17, 15) is 9.59 Å². The number of nitrogens with zero attached hydrogens (tertiary/aromatic N) is 1. The van der Waals surface area contributed by atoms with E-state index in [-0.39, 0.29) is 22.8 Å². The number of carbonyl (C=O) groups excluding carboxylic acids is 2. The maximum absolute atomic E-state index is 12.8. The number of halogens is 1. The van der Waals surface area contributed by atoms with Crippen molar-refractivity contribution in [2.45, 2.75) is 55.4 Å². The molecule has 0 aromatic carbocycles. The Labute approximate surface area is 170 Å². The zero-order valence-corrected chi connectivity index (χ0v) is 20.6. The fourth-order valence-electron chi connectivity index (χ4n) is 3.03. The highest BCUT2D eigenvalue weighted by Crippen LogP contribution is 2.52. The van der Waals surface area contributed by atoms with Gasteiger partial charge in [0, 0.05) is 10.0 Å². The van der Waals surface area contributed by atoms with Crippen LogP contribution in [-0.4, -0.2) is 48.2 Å². The van der Waals surface area contributed by atoms with E-state index in [0.29, 0.717) is 11.4 Å². The minimum absolute atomic E-state index is 0.00617. The lowest BCUT2D eigenvalue weighted by atomic mass is 10.1. The van der Waals surface area contributed by atoms with Gasteiger partial charge in [-0.05, 0) is 19.6 Å². The van der Waals surface area contributed by atoms with Crippen LogP contribution in [0.3, 0.4) is 0 Å². The van der Waals surface area contributed by atoms with Gasteiger partial charge in [-0.1, -0.05) is 54.4 Å². The smallest absolute Gasteiger partial charge is 0.310 e. The zero-order chi connectivity index (χ0) is 19.2. The number of amides is 1. The van der Waals surface area contributed by atoms with Crippen molar-refractivity contribution in [3.63, 3.8) is 0 Å². The van der Waals surface area contributed by atoms with Gasteiger partial charge in [0.15, 0.2) is 0 Å². The molecule has 0 aromatic rings. The molecule has 2 N–H and O–H groups in total. The molecule has 2 aliphatic rings. The fourth-order valence-corrected chi connectivity index (χ4v) is 8.83. The van der Waals surface area contributed by atoms with Crippen LogP contribution >= 0.6 is 34.4 Å². The van der Waals surface area contributed by atoms with E-state index in [4.69, 9.17) is 10.2 Å². The number of thioether (sulfide) groups is 1. The largest absolute Gasteiger partial charge is 0.519 e. The van der Waals surface area contributed by atoms with Crippen molar-refractivity contribution in [2.75, 3.05) is 4.43 Å². The molecular formula is C16H27IN2O3SSi2. The molecule has 0 aromatic heterocycles. The SMILES string of the molecule is C[Si](C)(C)OC(=O)C1S[C@@H]2[C@H]([Si](C)(C)C)C(=O)N2C(N)=C1/C=C/CI. The number of hydrogen-bond donors (Lipinski definition) is 1. The lowest BCUT2D eigenvalue weighted by molar-refractivity contribution is -0.140. The van der Waals surface area contributed by atoms with Crippen molar-refractivity contribution in [3.8, 4) is 0 Å². The van der Waals surface area contributed by atoms with Crippen LogP contribution in [-0.2, 0) is 14.0 Å². The van der Waals surface area contributed by atoms with Crippen molar-refractivity contribution >= 4 is 62.6 Å². The van der Waals surface area contributed by atoms with Gasteiger partial charge in [-0.3, -0.25) is 14.5 Å². The van der Waals surface area contributed by atoms with E-state index in [1.807, 2.05) is 31.8 Å². The minimum atomic E-state index is -2.00. The molecule has 0 saturated carbocycles. The topological polar surface area (TPSA) is 72.6 Å². The van der Waals surface area contributed by atoms with Gasteiger partial charge in [-0.25, -0.2) is 0 Å². The molecule has 1 saturated heterocycles. The Kier molecular flexibility index (Phi) is 6.22. The van der Waals surface area contributed by atoms with Crippen molar-refractivity contribution < 1.29 is 14.0 Å². The summed E-state index contributed by atoms with van der Waals surface area (Å²) in [6.07, 6.45) is 3.83. The molecule has 5 nitrogen and oxygen atoms in total. The van der Waals surface area contributed by atoms with E-state index >= 15 is 0 Å². The second-order valence-electron chi connectivity index (χ2n) is 8.39. The fraction of sp³-hybridized carbons (Fsp3) is 0.625. The van der Waals surface area contributed by atoms with E-state index in [2.05, 4.69) is 42.2 Å². The normalized spacial score (nSPS) is 27.4. The Balaban J connectivity index is 2.40. The second-order valence-corrected chi connectivity index (χ2v) is 20.3. The molecule has 2 heterocycles. The zero-order valence-electron chi connectivity index (χ0n) is 15.6. The summed E-state index contributed by atoms with van der Waals surface area (Å²) in [5.74, 6) is 0.293. The molecule has 25 heavy (non-hydrogen) atoms. The number of alkyl halides is 1. The highest BCUT2D eigenvalue weighted by Gasteiger charge is 2.58. The van der Waals surface area contributed by atoms with Gasteiger partial charge in [0.25, 0.3) is 0 Å². The highest BCUT2D eigenvalue weighted by atomic mass is 127. The quantitative estimate of drug-likeness (QED) is 0.265. The first-order valence-corrected chi connectivity index (χ1v) is 17.8. The Morgan fingerprint density at radius 3 is 2.40 bits per heavy atom. The predicted molar refractivity (Wildman–Crippen MR) is 118 cm³/mol. The highest BCUT2D eigenvalue weighted by molar-refractivity contribution is 14.1. The number of rotatable bonds is 5. The van der Waals surface area contributed by atoms with E-state index in [1.165, 1.54) is 11.8 Å². The molecule has 9 heteroatoms. The molecular weight excluding hydrogens is 483 g/mol. The minimum Gasteiger partial charge on any atom is -0.519 e. The number of fused-ring (bicyclic) bond motifs is 1. The van der Waals surface area contributed by atoms with Gasteiger partial charge in [0.2, 0.25) is 14.2 Å². The van der Waals surface area contributed by atoms with Crippen molar-refractivity contribution in [2.24, 2.45) is 5.73 Å². The van der Waals surface area contributed by atoms with Gasteiger partial charge in [0.1, 0.15) is 11.1 Å². The average molecular weight is 511 g/mol. The summed E-state index contributed by atoms with van der Waals surface area (Å²) in [5.41, 5.74) is 7.02. The second kappa shape index (κ2) is 7.39. The summed E-state index contributed by atoms with van der Waals surface area (Å²) in [7, 11) is -3.69. The number of hydrogen-bond acceptors (Lipinski definition) is 5. The van der Waals surface area contributed by atoms with Crippen LogP contribution in [0.15, 0.2) is 23.5 Å². The number of β-lactam (4-membered cyclic amide) rings is 1. The number of carbonyl (C=O) groups is 2. The molecule has 2 aliphatic heterocycles. The Morgan fingerprint density at radius 1 is 1.32 bits per heavy atom. The van der Waals surface area contributed by atoms with Crippen molar-refractivity contribution in [3.05, 3.63) is 23.5 Å². The van der Waals surface area contributed by atoms with Crippen molar-refractivity contribution in [1.29, 1.82) is 0 Å². The summed E-state index contributed by atoms with van der Waals surface area (Å²) in [6, 6.07) is 0. The van der Waals surface area contributed by atoms with E-state index in [0.717, 1.165) is 4.43 Å². The molecule has 1 fully saturated rings. The number of allylic oxidation sites excluding steroid dienone is 2. The molecule has 1 unspecified atom stereocenters. The monoisotopic (exact) mass is 510 g/mol. The first kappa shape index (κ1) is 21.0. The molecule has 0 radical (unpaired) electrons. The molecule has 0 aliphatic carbocycles. The van der Waals surface area contributed by atoms with Gasteiger partial charge < -0.3 is 10.2 Å². The molecule has 3 atom stereocenters. The third-order valence-corrected chi connectivity index (χ3v) is 9.57. The Hall–Kier alpha value is -0.266. The van der Waals surface area contributed by atoms with Gasteiger partial charge in [0.05, 0.1) is 19.0 Å². The van der Waals surface area contributed by atoms with E-state index in [1.54, 1.807) is 4.90 Å². The van der Waals surface area contributed by atoms with Gasteiger partial charge >= 0.3 is 5.97 Å². The van der Waals surface area contributed by atoms with Crippen LogP contribution in [0.4, 0.5) is 0 Å². The summed E-state index contributed by atoms with van der Waals surface area (Å²) < 4.78 is 6.56. The van der Waals surface area contributed by atoms with Crippen LogP contribution < -0.4 is 5.73 Å². The molecule has 140 valence electrons. The lowest BCUT2D eigenvalue weighted by Crippen LogP contribution is -2.65. The van der Waals surface area contributed by atoms with Gasteiger partial charge in [-0.15, -0.1) is 11.8 Å². The number of nitrogens with two attached hydrogens (primary N) is 1. The van der Waals surface area contributed by atoms with Crippen LogP contribution in [0.1, 0.15) is 0 Å². The van der Waals surface area contributed by atoms with Crippen LogP contribution in [0.5, 0.6) is 0 Å². The van der Waals surface area contributed by atoms with Crippen LogP contribution in [0.2, 0.25) is 44.8 Å². The third-order valence-electron chi connectivity index (χ3n) is 4.10. The summed E-state index contributed by atoms with van der Waals surface area (Å²) >= 11 is 3.76. The molecule has 2 rings (SSSR count). The Bertz CT molecular complexity index is 640. The van der Waals surface area contributed by atoms with E-state index < -0.39 is 21.6 Å². The molecule has 0 bridgehead atoms. The summed E-state index contributed by atoms with van der Waals surface area (Å²) in [6.45, 7) is 12.6. The van der Waals surface area contributed by atoms with Gasteiger partial charge in [-0.2, -0.15) is 0 Å². The summed E-state index contributed by atoms with van der Waals surface area (Å²) in [5, 5.41) is -0.505. The molecule has 0 spiro atoms. The molecule has 1 amide bonds. The maximum Gasteiger partial charge on any atom is 0.310 e. The third kappa shape index (κ3) is 4.36. The predicted octanol–water partition coefficient (Wildman–Crippen LogP) is 3.52. The Morgan fingerprint density at radius 2 is 1.92 bits per heavy atom. The average Bonchev–Trinajstić information content (AvgIpc) is 2.40. The van der Waals surface area contributed by atoms with Crippen LogP contribution in [0, 0.1) is 0 Å².